The number of piperazine rings is 1. The molecule has 2 amide bonds. The largest absolute Gasteiger partial charge is 0.354 e. The average Bonchev–Trinajstić information content (AvgIpc) is 2.68. The fourth-order valence-electron chi connectivity index (χ4n) is 3.23. The van der Waals surface area contributed by atoms with Crippen molar-refractivity contribution in [2.45, 2.75) is 45.1 Å². The second-order valence-electron chi connectivity index (χ2n) is 7.66. The zero-order chi connectivity index (χ0) is 21.6. The highest BCUT2D eigenvalue weighted by atomic mass is 32.2. The van der Waals surface area contributed by atoms with Crippen molar-refractivity contribution in [3.8, 4) is 0 Å². The molecule has 162 valence electrons. The summed E-state index contributed by atoms with van der Waals surface area (Å²) < 4.78 is 27.2. The van der Waals surface area contributed by atoms with Gasteiger partial charge in [0.15, 0.2) is 6.54 Å². The number of nitrogens with one attached hydrogen (secondary N) is 3. The summed E-state index contributed by atoms with van der Waals surface area (Å²) in [5.74, 6) is -0.399. The van der Waals surface area contributed by atoms with E-state index in [-0.39, 0.29) is 18.4 Å². The molecule has 0 radical (unpaired) electrons. The number of quaternary nitrogens is 1. The zero-order valence-electron chi connectivity index (χ0n) is 17.7. The van der Waals surface area contributed by atoms with E-state index in [2.05, 4.69) is 10.6 Å². The maximum absolute atomic E-state index is 12.9. The summed E-state index contributed by atoms with van der Waals surface area (Å²) in [4.78, 5) is 25.4. The molecule has 1 aromatic rings. The van der Waals surface area contributed by atoms with E-state index in [1.54, 1.807) is 19.1 Å². The van der Waals surface area contributed by atoms with Gasteiger partial charge in [-0.1, -0.05) is 13.0 Å². The highest BCUT2D eigenvalue weighted by Gasteiger charge is 2.31. The minimum Gasteiger partial charge on any atom is -0.354 e. The minimum absolute atomic E-state index is 0.195. The highest BCUT2D eigenvalue weighted by Crippen LogP contribution is 2.19. The van der Waals surface area contributed by atoms with E-state index in [4.69, 9.17) is 0 Å². The van der Waals surface area contributed by atoms with Gasteiger partial charge >= 0.3 is 0 Å². The minimum atomic E-state index is -3.53. The van der Waals surface area contributed by atoms with Gasteiger partial charge in [-0.3, -0.25) is 9.59 Å². The van der Waals surface area contributed by atoms with Crippen LogP contribution in [0.2, 0.25) is 0 Å². The van der Waals surface area contributed by atoms with E-state index >= 15 is 0 Å². The van der Waals surface area contributed by atoms with Gasteiger partial charge in [0.2, 0.25) is 15.9 Å². The second kappa shape index (κ2) is 10.2. The molecule has 0 saturated carbocycles. The molecule has 3 N–H and O–H groups in total. The standard InChI is InChI=1S/C20H32N4O4S/c1-5-8-21-20(26)17(4)22-19(25)14-23-9-11-24(12-10-23)29(27,28)18-7-6-15(2)16(3)13-18/h6-7,13,17H,5,8-12,14H2,1-4H3,(H,21,26)(H,22,25)/p+1/t17-/m1/s1. The fourth-order valence-corrected chi connectivity index (χ4v) is 4.76. The lowest BCUT2D eigenvalue weighted by molar-refractivity contribution is -0.895. The highest BCUT2D eigenvalue weighted by molar-refractivity contribution is 7.89. The monoisotopic (exact) mass is 425 g/mol. The molecular weight excluding hydrogens is 392 g/mol. The van der Waals surface area contributed by atoms with Gasteiger partial charge in [0.25, 0.3) is 5.91 Å². The first-order valence-electron chi connectivity index (χ1n) is 10.1. The fraction of sp³-hybridized carbons (Fsp3) is 0.600. The van der Waals surface area contributed by atoms with Crippen molar-refractivity contribution in [2.75, 3.05) is 39.3 Å². The van der Waals surface area contributed by atoms with Crippen LogP contribution in [0.3, 0.4) is 0 Å². The molecule has 2 rings (SSSR count). The molecule has 0 aliphatic carbocycles. The van der Waals surface area contributed by atoms with Crippen LogP contribution in [0.1, 0.15) is 31.4 Å². The summed E-state index contributed by atoms with van der Waals surface area (Å²) in [5, 5.41) is 5.46. The lowest BCUT2D eigenvalue weighted by Gasteiger charge is -2.31. The Labute approximate surface area is 173 Å². The molecule has 1 aliphatic rings. The van der Waals surface area contributed by atoms with Crippen LogP contribution in [-0.4, -0.2) is 69.8 Å². The van der Waals surface area contributed by atoms with Gasteiger partial charge in [-0.05, 0) is 50.5 Å². The second-order valence-corrected chi connectivity index (χ2v) is 9.60. The lowest BCUT2D eigenvalue weighted by atomic mass is 10.1. The van der Waals surface area contributed by atoms with Crippen LogP contribution in [-0.2, 0) is 19.6 Å². The number of carbonyl (C=O) groups is 2. The number of rotatable bonds is 8. The summed E-state index contributed by atoms with van der Waals surface area (Å²) >= 11 is 0. The molecule has 9 heteroatoms. The molecule has 29 heavy (non-hydrogen) atoms. The van der Waals surface area contributed by atoms with Gasteiger partial charge in [-0.2, -0.15) is 4.31 Å². The van der Waals surface area contributed by atoms with Crippen LogP contribution in [0.4, 0.5) is 0 Å². The lowest BCUT2D eigenvalue weighted by Crippen LogP contribution is -3.15. The topological polar surface area (TPSA) is 100 Å². The summed E-state index contributed by atoms with van der Waals surface area (Å²) in [6, 6.07) is 4.60. The quantitative estimate of drug-likeness (QED) is 0.509. The Hall–Kier alpha value is -1.97. The van der Waals surface area contributed by atoms with Crippen molar-refractivity contribution in [1.82, 2.24) is 14.9 Å². The van der Waals surface area contributed by atoms with E-state index in [1.807, 2.05) is 26.8 Å². The molecule has 0 spiro atoms. The molecule has 1 aromatic carbocycles. The van der Waals surface area contributed by atoms with E-state index in [1.165, 1.54) is 4.31 Å². The predicted octanol–water partition coefficient (Wildman–Crippen LogP) is -0.776. The number of amides is 2. The van der Waals surface area contributed by atoms with Crippen molar-refractivity contribution in [3.63, 3.8) is 0 Å². The van der Waals surface area contributed by atoms with Gasteiger partial charge in [0.05, 0.1) is 31.1 Å². The summed E-state index contributed by atoms with van der Waals surface area (Å²) in [7, 11) is -3.53. The van der Waals surface area contributed by atoms with Crippen molar-refractivity contribution in [1.29, 1.82) is 0 Å². The van der Waals surface area contributed by atoms with E-state index in [9.17, 15) is 18.0 Å². The first-order valence-corrected chi connectivity index (χ1v) is 11.6. The molecule has 1 atom stereocenters. The Morgan fingerprint density at radius 2 is 1.83 bits per heavy atom. The zero-order valence-corrected chi connectivity index (χ0v) is 18.6. The molecule has 0 unspecified atom stereocenters. The van der Waals surface area contributed by atoms with E-state index < -0.39 is 16.1 Å². The Morgan fingerprint density at radius 1 is 1.17 bits per heavy atom. The number of aryl methyl sites for hydroxylation is 2. The van der Waals surface area contributed by atoms with Crippen LogP contribution in [0.15, 0.2) is 23.1 Å². The summed E-state index contributed by atoms with van der Waals surface area (Å²) in [5.41, 5.74) is 2.01. The number of hydrogen-bond donors (Lipinski definition) is 3. The van der Waals surface area contributed by atoms with Gasteiger partial charge in [-0.15, -0.1) is 0 Å². The molecule has 1 aliphatic heterocycles. The summed E-state index contributed by atoms with van der Waals surface area (Å²) in [6.07, 6.45) is 0.839. The number of carbonyl (C=O) groups excluding carboxylic acids is 2. The van der Waals surface area contributed by atoms with Crippen LogP contribution >= 0.6 is 0 Å². The van der Waals surface area contributed by atoms with E-state index in [0.717, 1.165) is 22.4 Å². The molecular formula is C20H33N4O4S+. The van der Waals surface area contributed by atoms with Crippen LogP contribution in [0.25, 0.3) is 0 Å². The number of nitrogens with zero attached hydrogens (tertiary/aromatic N) is 1. The summed E-state index contributed by atoms with van der Waals surface area (Å²) in [6.45, 7) is 10.1. The van der Waals surface area contributed by atoms with Crippen molar-refractivity contribution < 1.29 is 22.9 Å². The average molecular weight is 426 g/mol. The maximum Gasteiger partial charge on any atom is 0.275 e. The Kier molecular flexibility index (Phi) is 8.18. The molecule has 0 bridgehead atoms. The third kappa shape index (κ3) is 6.25. The molecule has 8 nitrogen and oxygen atoms in total. The van der Waals surface area contributed by atoms with Crippen LogP contribution in [0, 0.1) is 13.8 Å². The first-order chi connectivity index (χ1) is 13.6. The van der Waals surface area contributed by atoms with Gasteiger partial charge < -0.3 is 15.5 Å². The van der Waals surface area contributed by atoms with E-state index in [0.29, 0.717) is 37.6 Å². The molecule has 1 heterocycles. The number of sulfonamides is 1. The predicted molar refractivity (Wildman–Crippen MR) is 111 cm³/mol. The Morgan fingerprint density at radius 3 is 2.41 bits per heavy atom. The van der Waals surface area contributed by atoms with Gasteiger partial charge in [-0.25, -0.2) is 8.42 Å². The van der Waals surface area contributed by atoms with Crippen LogP contribution < -0.4 is 15.5 Å². The number of hydrogen-bond acceptors (Lipinski definition) is 4. The third-order valence-electron chi connectivity index (χ3n) is 5.28. The third-order valence-corrected chi connectivity index (χ3v) is 7.17. The van der Waals surface area contributed by atoms with Crippen molar-refractivity contribution >= 4 is 21.8 Å². The van der Waals surface area contributed by atoms with Crippen molar-refractivity contribution in [3.05, 3.63) is 29.3 Å². The Balaban J connectivity index is 1.86. The normalized spacial score (nSPS) is 17.0. The number of benzene rings is 1. The van der Waals surface area contributed by atoms with Crippen molar-refractivity contribution in [2.24, 2.45) is 0 Å². The van der Waals surface area contributed by atoms with Gasteiger partial charge in [0, 0.05) is 6.54 Å². The maximum atomic E-state index is 12.9. The van der Waals surface area contributed by atoms with Gasteiger partial charge in [0.1, 0.15) is 6.04 Å². The SMILES string of the molecule is CCCNC(=O)[C@@H](C)NC(=O)C[NH+]1CCN(S(=O)(=O)c2ccc(C)c(C)c2)CC1. The van der Waals surface area contributed by atoms with Crippen LogP contribution in [0.5, 0.6) is 0 Å². The molecule has 1 saturated heterocycles. The smallest absolute Gasteiger partial charge is 0.275 e. The molecule has 1 fully saturated rings. The molecule has 0 aromatic heterocycles. The Bertz CT molecular complexity index is 833. The first kappa shape index (κ1) is 23.3.